The molecule has 11 heavy (non-hydrogen) atoms. The summed E-state index contributed by atoms with van der Waals surface area (Å²) in [6.45, 7) is 3.64. The highest BCUT2D eigenvalue weighted by Gasteiger charge is 1.95. The molecule has 0 spiro atoms. The summed E-state index contributed by atoms with van der Waals surface area (Å²) in [6.07, 6.45) is 1.87. The minimum Gasteiger partial charge on any atom is -0.120 e. The number of hydrogen-bond donors (Lipinski definition) is 0. The molecule has 1 rings (SSSR count). The first-order chi connectivity index (χ1) is 5.34. The molecule has 58 valence electrons. The Morgan fingerprint density at radius 1 is 1.45 bits per heavy atom. The fourth-order valence-corrected chi connectivity index (χ4v) is 1.69. The van der Waals surface area contributed by atoms with E-state index in [2.05, 4.69) is 6.58 Å². The molecule has 0 aliphatic heterocycles. The summed E-state index contributed by atoms with van der Waals surface area (Å²) in [5.74, 6) is 0.906. The van der Waals surface area contributed by atoms with Crippen LogP contribution in [0.15, 0.2) is 41.8 Å². The minimum atomic E-state index is 0.819. The van der Waals surface area contributed by atoms with Gasteiger partial charge in [0.2, 0.25) is 0 Å². The van der Waals surface area contributed by atoms with Crippen molar-refractivity contribution in [2.45, 2.75) is 4.90 Å². The molecule has 0 fully saturated rings. The summed E-state index contributed by atoms with van der Waals surface area (Å²) in [5, 5.41) is 0.819. The van der Waals surface area contributed by atoms with E-state index in [0.29, 0.717) is 0 Å². The van der Waals surface area contributed by atoms with Crippen molar-refractivity contribution >= 4 is 23.4 Å². The molecule has 0 aromatic heterocycles. The molecule has 0 atom stereocenters. The molecule has 2 heteroatoms. The first kappa shape index (κ1) is 8.69. The maximum atomic E-state index is 5.90. The summed E-state index contributed by atoms with van der Waals surface area (Å²) in [7, 11) is 0. The lowest BCUT2D eigenvalue weighted by atomic mass is 10.4. The van der Waals surface area contributed by atoms with E-state index in [4.69, 9.17) is 11.6 Å². The Labute approximate surface area is 76.3 Å². The average Bonchev–Trinajstić information content (AvgIpc) is 2.03. The van der Waals surface area contributed by atoms with Crippen LogP contribution >= 0.6 is 23.4 Å². The van der Waals surface area contributed by atoms with E-state index in [0.717, 1.165) is 15.7 Å². The Bertz CT molecular complexity index is 245. The molecule has 0 amide bonds. The predicted octanol–water partition coefficient (Wildman–Crippen LogP) is 3.62. The van der Waals surface area contributed by atoms with Crippen molar-refractivity contribution in [3.05, 3.63) is 41.9 Å². The number of hydrogen-bond acceptors (Lipinski definition) is 1. The second-order valence-corrected chi connectivity index (χ2v) is 3.50. The van der Waals surface area contributed by atoms with Crippen LogP contribution in [-0.2, 0) is 0 Å². The number of benzene rings is 1. The van der Waals surface area contributed by atoms with Gasteiger partial charge in [0.05, 0.1) is 5.02 Å². The molecule has 0 unspecified atom stereocenters. The lowest BCUT2D eigenvalue weighted by molar-refractivity contribution is 1.46. The number of rotatable bonds is 3. The summed E-state index contributed by atoms with van der Waals surface area (Å²) < 4.78 is 0. The lowest BCUT2D eigenvalue weighted by Crippen LogP contribution is -1.74. The fourth-order valence-electron chi connectivity index (χ4n) is 0.710. The van der Waals surface area contributed by atoms with E-state index < -0.39 is 0 Å². The molecule has 1 aromatic carbocycles. The van der Waals surface area contributed by atoms with E-state index >= 15 is 0 Å². The van der Waals surface area contributed by atoms with Gasteiger partial charge < -0.3 is 0 Å². The Hall–Kier alpha value is -0.400. The summed E-state index contributed by atoms with van der Waals surface area (Å²) >= 11 is 7.60. The smallest absolute Gasteiger partial charge is 0.0541 e. The molecule has 0 radical (unpaired) electrons. The predicted molar refractivity (Wildman–Crippen MR) is 52.4 cm³/mol. The van der Waals surface area contributed by atoms with Gasteiger partial charge in [0.25, 0.3) is 0 Å². The average molecular weight is 185 g/mol. The van der Waals surface area contributed by atoms with Gasteiger partial charge in [-0.05, 0) is 12.1 Å². The van der Waals surface area contributed by atoms with Crippen molar-refractivity contribution in [3.63, 3.8) is 0 Å². The molecular formula is C9H9ClS. The third-order valence-electron chi connectivity index (χ3n) is 1.19. The highest BCUT2D eigenvalue weighted by molar-refractivity contribution is 7.99. The monoisotopic (exact) mass is 184 g/mol. The minimum absolute atomic E-state index is 0.819. The molecule has 0 aliphatic rings. The van der Waals surface area contributed by atoms with Crippen LogP contribution in [0.25, 0.3) is 0 Å². The maximum Gasteiger partial charge on any atom is 0.0541 e. The van der Waals surface area contributed by atoms with E-state index in [1.807, 2.05) is 30.3 Å². The van der Waals surface area contributed by atoms with Gasteiger partial charge in [-0.25, -0.2) is 0 Å². The Morgan fingerprint density at radius 2 is 2.18 bits per heavy atom. The van der Waals surface area contributed by atoms with Gasteiger partial charge in [-0.3, -0.25) is 0 Å². The Morgan fingerprint density at radius 3 is 2.82 bits per heavy atom. The second-order valence-electron chi connectivity index (χ2n) is 2.03. The molecule has 0 aliphatic carbocycles. The highest BCUT2D eigenvalue weighted by atomic mass is 35.5. The van der Waals surface area contributed by atoms with E-state index in [-0.39, 0.29) is 0 Å². The SMILES string of the molecule is C=CCSc1ccccc1Cl. The fraction of sp³-hybridized carbons (Fsp3) is 0.111. The van der Waals surface area contributed by atoms with Gasteiger partial charge in [0.1, 0.15) is 0 Å². The molecular weight excluding hydrogens is 176 g/mol. The van der Waals surface area contributed by atoms with Crippen LogP contribution in [0.5, 0.6) is 0 Å². The second kappa shape index (κ2) is 4.47. The molecule has 0 saturated heterocycles. The Balaban J connectivity index is 2.69. The largest absolute Gasteiger partial charge is 0.120 e. The third kappa shape index (κ3) is 2.60. The van der Waals surface area contributed by atoms with Crippen molar-refractivity contribution in [1.29, 1.82) is 0 Å². The van der Waals surface area contributed by atoms with Gasteiger partial charge in [-0.15, -0.1) is 18.3 Å². The number of thioether (sulfide) groups is 1. The van der Waals surface area contributed by atoms with Crippen LogP contribution in [0.3, 0.4) is 0 Å². The zero-order valence-electron chi connectivity index (χ0n) is 6.09. The zero-order chi connectivity index (χ0) is 8.10. The van der Waals surface area contributed by atoms with Gasteiger partial charge in [0.15, 0.2) is 0 Å². The first-order valence-corrected chi connectivity index (χ1v) is 4.69. The molecule has 0 bridgehead atoms. The van der Waals surface area contributed by atoms with E-state index in [1.54, 1.807) is 11.8 Å². The van der Waals surface area contributed by atoms with Crippen LogP contribution in [0.4, 0.5) is 0 Å². The van der Waals surface area contributed by atoms with E-state index in [9.17, 15) is 0 Å². The number of halogens is 1. The van der Waals surface area contributed by atoms with Crippen LogP contribution in [0, 0.1) is 0 Å². The standard InChI is InChI=1S/C9H9ClS/c1-2-7-11-9-6-4-3-5-8(9)10/h2-6H,1,7H2. The van der Waals surface area contributed by atoms with Crippen molar-refractivity contribution in [1.82, 2.24) is 0 Å². The van der Waals surface area contributed by atoms with Gasteiger partial charge in [-0.2, -0.15) is 0 Å². The quantitative estimate of drug-likeness (QED) is 0.511. The maximum absolute atomic E-state index is 5.90. The normalized spacial score (nSPS) is 9.55. The highest BCUT2D eigenvalue weighted by Crippen LogP contribution is 2.26. The molecule has 0 heterocycles. The molecule has 0 nitrogen and oxygen atoms in total. The van der Waals surface area contributed by atoms with Crippen molar-refractivity contribution in [3.8, 4) is 0 Å². The molecule has 1 aromatic rings. The lowest BCUT2D eigenvalue weighted by Gasteiger charge is -1.99. The third-order valence-corrected chi connectivity index (χ3v) is 2.70. The summed E-state index contributed by atoms with van der Waals surface area (Å²) in [6, 6.07) is 7.82. The van der Waals surface area contributed by atoms with Crippen molar-refractivity contribution < 1.29 is 0 Å². The van der Waals surface area contributed by atoms with Gasteiger partial charge in [0, 0.05) is 10.6 Å². The Kier molecular flexibility index (Phi) is 3.53. The van der Waals surface area contributed by atoms with Crippen LogP contribution in [0.1, 0.15) is 0 Å². The van der Waals surface area contributed by atoms with Crippen LogP contribution in [0.2, 0.25) is 5.02 Å². The van der Waals surface area contributed by atoms with Gasteiger partial charge in [-0.1, -0.05) is 29.8 Å². The van der Waals surface area contributed by atoms with Gasteiger partial charge >= 0.3 is 0 Å². The van der Waals surface area contributed by atoms with Crippen molar-refractivity contribution in [2.24, 2.45) is 0 Å². The molecule has 0 saturated carbocycles. The summed E-state index contributed by atoms with van der Waals surface area (Å²) in [5.41, 5.74) is 0. The summed E-state index contributed by atoms with van der Waals surface area (Å²) in [4.78, 5) is 1.12. The topological polar surface area (TPSA) is 0 Å². The van der Waals surface area contributed by atoms with Crippen LogP contribution in [-0.4, -0.2) is 5.75 Å². The molecule has 0 N–H and O–H groups in total. The van der Waals surface area contributed by atoms with Crippen LogP contribution < -0.4 is 0 Å². The van der Waals surface area contributed by atoms with Crippen molar-refractivity contribution in [2.75, 3.05) is 5.75 Å². The van der Waals surface area contributed by atoms with E-state index in [1.165, 1.54) is 0 Å². The first-order valence-electron chi connectivity index (χ1n) is 3.33. The zero-order valence-corrected chi connectivity index (χ0v) is 7.66.